The van der Waals surface area contributed by atoms with E-state index in [4.69, 9.17) is 0 Å². The van der Waals surface area contributed by atoms with Crippen LogP contribution in [0.4, 0.5) is 5.82 Å². The highest BCUT2D eigenvalue weighted by molar-refractivity contribution is 7.89. The first-order valence-electron chi connectivity index (χ1n) is 8.80. The topological polar surface area (TPSA) is 120 Å². The van der Waals surface area contributed by atoms with Crippen LogP contribution in [0.15, 0.2) is 23.1 Å². The molecular formula is C17H24N8O2S. The average molecular weight is 405 g/mol. The summed E-state index contributed by atoms with van der Waals surface area (Å²) in [4.78, 5) is 0.226. The minimum absolute atomic E-state index is 0.205. The zero-order valence-corrected chi connectivity index (χ0v) is 17.4. The fourth-order valence-electron chi connectivity index (χ4n) is 2.98. The zero-order chi connectivity index (χ0) is 20.5. The fourth-order valence-corrected chi connectivity index (χ4v) is 4.45. The van der Waals surface area contributed by atoms with Gasteiger partial charge in [0.25, 0.3) is 0 Å². The van der Waals surface area contributed by atoms with Gasteiger partial charge in [-0.3, -0.25) is 4.68 Å². The van der Waals surface area contributed by atoms with Crippen molar-refractivity contribution in [3.8, 4) is 5.82 Å². The Morgan fingerprint density at radius 1 is 1.04 bits per heavy atom. The van der Waals surface area contributed by atoms with Crippen LogP contribution >= 0.6 is 0 Å². The van der Waals surface area contributed by atoms with Crippen molar-refractivity contribution in [1.82, 2.24) is 34.5 Å². The van der Waals surface area contributed by atoms with Gasteiger partial charge in [-0.1, -0.05) is 0 Å². The van der Waals surface area contributed by atoms with Crippen LogP contribution in [0, 0.1) is 27.7 Å². The molecule has 0 unspecified atom stereocenters. The molecule has 0 saturated carbocycles. The quantitative estimate of drug-likeness (QED) is 0.564. The Morgan fingerprint density at radius 3 is 2.32 bits per heavy atom. The van der Waals surface area contributed by atoms with E-state index in [9.17, 15) is 8.42 Å². The molecule has 3 rings (SSSR count). The summed E-state index contributed by atoms with van der Waals surface area (Å²) in [6, 6.07) is 5.55. The van der Waals surface area contributed by atoms with E-state index in [2.05, 4.69) is 30.4 Å². The predicted molar refractivity (Wildman–Crippen MR) is 105 cm³/mol. The van der Waals surface area contributed by atoms with E-state index in [1.165, 1.54) is 0 Å². The van der Waals surface area contributed by atoms with Crippen LogP contribution < -0.4 is 10.0 Å². The van der Waals surface area contributed by atoms with Gasteiger partial charge in [-0.15, -0.1) is 10.2 Å². The number of sulfonamides is 1. The van der Waals surface area contributed by atoms with E-state index >= 15 is 0 Å². The molecule has 28 heavy (non-hydrogen) atoms. The molecule has 0 radical (unpaired) electrons. The van der Waals surface area contributed by atoms with Crippen LogP contribution in [-0.4, -0.2) is 51.3 Å². The fraction of sp³-hybridized carbons (Fsp3) is 0.412. The van der Waals surface area contributed by atoms with Crippen molar-refractivity contribution in [2.75, 3.05) is 18.4 Å². The molecule has 0 atom stereocenters. The third-order valence-electron chi connectivity index (χ3n) is 4.31. The summed E-state index contributed by atoms with van der Waals surface area (Å²) in [5.74, 6) is 1.18. The van der Waals surface area contributed by atoms with E-state index in [-0.39, 0.29) is 11.4 Å². The molecule has 0 amide bonds. The van der Waals surface area contributed by atoms with Gasteiger partial charge in [-0.05, 0) is 45.9 Å². The lowest BCUT2D eigenvalue weighted by Gasteiger charge is -2.09. The summed E-state index contributed by atoms with van der Waals surface area (Å²) in [5.41, 5.74) is 2.96. The molecule has 10 nitrogen and oxygen atoms in total. The Hall–Kier alpha value is -2.79. The maximum absolute atomic E-state index is 12.5. The summed E-state index contributed by atoms with van der Waals surface area (Å²) in [7, 11) is -1.90. The molecule has 0 aliphatic rings. The van der Waals surface area contributed by atoms with Crippen molar-refractivity contribution in [3.05, 3.63) is 41.0 Å². The maximum Gasteiger partial charge on any atom is 0.244 e. The molecule has 0 saturated heterocycles. The SMILES string of the molecule is Cc1cc(C)n(-c2ccc(NCCNS(=O)(=O)c3c(C)nn(C)c3C)nn2)n1. The van der Waals surface area contributed by atoms with Gasteiger partial charge < -0.3 is 5.32 Å². The monoisotopic (exact) mass is 404 g/mol. The number of nitrogens with zero attached hydrogens (tertiary/aromatic N) is 6. The highest BCUT2D eigenvalue weighted by Gasteiger charge is 2.23. The molecule has 0 bridgehead atoms. The molecule has 3 heterocycles. The minimum atomic E-state index is -3.62. The number of aromatic nitrogens is 6. The lowest BCUT2D eigenvalue weighted by atomic mass is 10.4. The Kier molecular flexibility index (Phi) is 5.47. The summed E-state index contributed by atoms with van der Waals surface area (Å²) in [6.45, 7) is 7.85. The number of hydrogen-bond donors (Lipinski definition) is 2. The van der Waals surface area contributed by atoms with E-state index in [0.29, 0.717) is 29.6 Å². The number of rotatable bonds is 7. The molecule has 0 aromatic carbocycles. The van der Waals surface area contributed by atoms with E-state index < -0.39 is 10.0 Å². The van der Waals surface area contributed by atoms with Gasteiger partial charge >= 0.3 is 0 Å². The number of anilines is 1. The molecule has 0 fully saturated rings. The minimum Gasteiger partial charge on any atom is -0.367 e. The van der Waals surface area contributed by atoms with E-state index in [1.807, 2.05) is 19.9 Å². The molecule has 0 aliphatic heterocycles. The molecule has 3 aromatic heterocycles. The van der Waals surface area contributed by atoms with Crippen LogP contribution in [0.5, 0.6) is 0 Å². The first-order valence-corrected chi connectivity index (χ1v) is 10.3. The van der Waals surface area contributed by atoms with Crippen molar-refractivity contribution in [1.29, 1.82) is 0 Å². The van der Waals surface area contributed by atoms with Crippen molar-refractivity contribution in [2.24, 2.45) is 7.05 Å². The normalized spacial score (nSPS) is 11.8. The van der Waals surface area contributed by atoms with Crippen LogP contribution in [0.2, 0.25) is 0 Å². The molecule has 2 N–H and O–H groups in total. The second-order valence-electron chi connectivity index (χ2n) is 6.56. The molecule has 0 aliphatic carbocycles. The highest BCUT2D eigenvalue weighted by Crippen LogP contribution is 2.18. The largest absolute Gasteiger partial charge is 0.367 e. The van der Waals surface area contributed by atoms with Gasteiger partial charge in [-0.25, -0.2) is 17.8 Å². The standard InChI is InChI=1S/C17H24N8O2S/c1-11-10-12(2)25(22-11)16-7-6-15(20-21-16)18-8-9-19-28(26,27)17-13(3)23-24(5)14(17)4/h6-7,10,19H,8-9H2,1-5H3,(H,18,20). The third-order valence-corrected chi connectivity index (χ3v) is 6.02. The van der Waals surface area contributed by atoms with Crippen LogP contribution in [0.25, 0.3) is 5.82 Å². The number of nitrogens with one attached hydrogen (secondary N) is 2. The van der Waals surface area contributed by atoms with Gasteiger partial charge in [0.15, 0.2) is 5.82 Å². The van der Waals surface area contributed by atoms with Gasteiger partial charge in [0.05, 0.1) is 17.1 Å². The number of aryl methyl sites for hydroxylation is 4. The highest BCUT2D eigenvalue weighted by atomic mass is 32.2. The first-order chi connectivity index (χ1) is 13.2. The van der Waals surface area contributed by atoms with Crippen LogP contribution in [0.1, 0.15) is 22.8 Å². The summed E-state index contributed by atoms with van der Waals surface area (Å²) >= 11 is 0. The summed E-state index contributed by atoms with van der Waals surface area (Å²) < 4.78 is 30.9. The Labute approximate surface area is 164 Å². The summed E-state index contributed by atoms with van der Waals surface area (Å²) in [6.07, 6.45) is 0. The van der Waals surface area contributed by atoms with Crippen molar-refractivity contribution in [2.45, 2.75) is 32.6 Å². The number of hydrogen-bond acceptors (Lipinski definition) is 7. The smallest absolute Gasteiger partial charge is 0.244 e. The first kappa shape index (κ1) is 20.0. The molecule has 150 valence electrons. The van der Waals surface area contributed by atoms with Gasteiger partial charge in [0, 0.05) is 25.8 Å². The van der Waals surface area contributed by atoms with Crippen molar-refractivity contribution >= 4 is 15.8 Å². The second kappa shape index (κ2) is 7.68. The summed E-state index contributed by atoms with van der Waals surface area (Å²) in [5, 5.41) is 19.8. The Balaban J connectivity index is 1.57. The lowest BCUT2D eigenvalue weighted by Crippen LogP contribution is -2.29. The molecule has 0 spiro atoms. The molecule has 11 heteroatoms. The molecular weight excluding hydrogens is 380 g/mol. The Morgan fingerprint density at radius 2 is 1.79 bits per heavy atom. The third kappa shape index (κ3) is 4.04. The van der Waals surface area contributed by atoms with E-state index in [0.717, 1.165) is 11.4 Å². The van der Waals surface area contributed by atoms with Crippen LogP contribution in [-0.2, 0) is 17.1 Å². The van der Waals surface area contributed by atoms with Crippen molar-refractivity contribution in [3.63, 3.8) is 0 Å². The van der Waals surface area contributed by atoms with Gasteiger partial charge in [0.2, 0.25) is 10.0 Å². The predicted octanol–water partition coefficient (Wildman–Crippen LogP) is 1.02. The van der Waals surface area contributed by atoms with Crippen molar-refractivity contribution < 1.29 is 8.42 Å². The average Bonchev–Trinajstić information content (AvgIpc) is 3.10. The maximum atomic E-state index is 12.5. The van der Waals surface area contributed by atoms with Gasteiger partial charge in [0.1, 0.15) is 10.7 Å². The van der Waals surface area contributed by atoms with Crippen LogP contribution in [0.3, 0.4) is 0 Å². The molecule has 3 aromatic rings. The zero-order valence-electron chi connectivity index (χ0n) is 16.6. The van der Waals surface area contributed by atoms with E-state index in [1.54, 1.807) is 42.4 Å². The Bertz CT molecular complexity index is 1080. The second-order valence-corrected chi connectivity index (χ2v) is 8.27. The lowest BCUT2D eigenvalue weighted by molar-refractivity contribution is 0.581. The van der Waals surface area contributed by atoms with Gasteiger partial charge in [-0.2, -0.15) is 10.2 Å².